The lowest BCUT2D eigenvalue weighted by Crippen LogP contribution is -2.55. The molecule has 3 aliphatic heterocycles. The zero-order valence-corrected chi connectivity index (χ0v) is 25.7. The van der Waals surface area contributed by atoms with Gasteiger partial charge < -0.3 is 25.3 Å². The lowest BCUT2D eigenvalue weighted by Gasteiger charge is -2.43. The fourth-order valence-electron chi connectivity index (χ4n) is 7.20. The van der Waals surface area contributed by atoms with E-state index < -0.39 is 0 Å². The molecule has 0 aliphatic carbocycles. The summed E-state index contributed by atoms with van der Waals surface area (Å²) >= 11 is 0. The Bertz CT molecular complexity index is 1630. The fourth-order valence-corrected chi connectivity index (χ4v) is 7.20. The van der Waals surface area contributed by atoms with Gasteiger partial charge in [-0.2, -0.15) is 5.26 Å². The van der Waals surface area contributed by atoms with E-state index in [9.17, 15) is 14.9 Å². The van der Waals surface area contributed by atoms with E-state index in [0.717, 1.165) is 55.8 Å². The quantitative estimate of drug-likeness (QED) is 0.399. The van der Waals surface area contributed by atoms with E-state index >= 15 is 0 Å². The molecule has 0 saturated carbocycles. The predicted octanol–water partition coefficient (Wildman–Crippen LogP) is 4.09. The minimum absolute atomic E-state index is 0.155. The van der Waals surface area contributed by atoms with Crippen molar-refractivity contribution < 1.29 is 9.59 Å². The Kier molecular flexibility index (Phi) is 8.28. The summed E-state index contributed by atoms with van der Waals surface area (Å²) in [6.45, 7) is 12.6. The Morgan fingerprint density at radius 3 is 2.73 bits per heavy atom. The first-order valence-electron chi connectivity index (χ1n) is 15.7. The van der Waals surface area contributed by atoms with Crippen molar-refractivity contribution in [2.45, 2.75) is 57.7 Å². The van der Waals surface area contributed by atoms with E-state index in [1.54, 1.807) is 4.90 Å². The van der Waals surface area contributed by atoms with Crippen molar-refractivity contribution in [1.29, 1.82) is 5.26 Å². The summed E-state index contributed by atoms with van der Waals surface area (Å²) in [5.41, 5.74) is 5.57. The number of pyridine rings is 1. The highest BCUT2D eigenvalue weighted by Crippen LogP contribution is 2.36. The number of nitrogens with zero attached hydrogens (tertiary/aromatic N) is 5. The van der Waals surface area contributed by atoms with Crippen LogP contribution in [0.25, 0.3) is 10.8 Å². The molecule has 2 aromatic carbocycles. The number of rotatable bonds is 7. The van der Waals surface area contributed by atoms with Gasteiger partial charge in [0, 0.05) is 55.0 Å². The lowest BCUT2D eigenvalue weighted by atomic mass is 9.94. The van der Waals surface area contributed by atoms with Crippen LogP contribution in [0, 0.1) is 18.3 Å². The molecule has 2 atom stereocenters. The Hall–Kier alpha value is -4.42. The van der Waals surface area contributed by atoms with Crippen LogP contribution in [-0.2, 0) is 17.8 Å². The van der Waals surface area contributed by atoms with E-state index in [4.69, 9.17) is 4.98 Å². The number of hydrogen-bond donors (Lipinski definition) is 2. The Labute approximate surface area is 259 Å². The summed E-state index contributed by atoms with van der Waals surface area (Å²) in [7, 11) is 0. The van der Waals surface area contributed by atoms with Gasteiger partial charge >= 0.3 is 0 Å². The number of hydrogen-bond acceptors (Lipinski definition) is 7. The van der Waals surface area contributed by atoms with Gasteiger partial charge in [-0.05, 0) is 61.9 Å². The molecule has 4 heterocycles. The largest absolute Gasteiger partial charge is 0.367 e. The highest BCUT2D eigenvalue weighted by molar-refractivity contribution is 5.97. The number of carbonyl (C=O) groups excluding carboxylic acids is 2. The van der Waals surface area contributed by atoms with Gasteiger partial charge in [-0.1, -0.05) is 43.8 Å². The average molecular weight is 592 g/mol. The molecule has 0 unspecified atom stereocenters. The first kappa shape index (κ1) is 29.6. The number of benzene rings is 2. The molecule has 3 aromatic rings. The predicted molar refractivity (Wildman–Crippen MR) is 174 cm³/mol. The van der Waals surface area contributed by atoms with Gasteiger partial charge in [0.05, 0.1) is 36.3 Å². The third-order valence-electron chi connectivity index (χ3n) is 9.73. The molecule has 2 amide bonds. The number of nitriles is 1. The second kappa shape index (κ2) is 12.3. The molecule has 228 valence electrons. The number of nitrogens with one attached hydrogen (secondary N) is 2. The zero-order chi connectivity index (χ0) is 30.8. The number of amides is 2. The van der Waals surface area contributed by atoms with E-state index in [-0.39, 0.29) is 29.8 Å². The van der Waals surface area contributed by atoms with Gasteiger partial charge in [0.1, 0.15) is 5.69 Å². The maximum absolute atomic E-state index is 13.9. The molecular formula is C35H41N7O2. The van der Waals surface area contributed by atoms with Crippen molar-refractivity contribution in [2.24, 2.45) is 0 Å². The molecule has 0 radical (unpaired) electrons. The molecule has 44 heavy (non-hydrogen) atoms. The Morgan fingerprint density at radius 2 is 2.00 bits per heavy atom. The van der Waals surface area contributed by atoms with E-state index in [0.29, 0.717) is 31.9 Å². The minimum atomic E-state index is -0.282. The monoisotopic (exact) mass is 591 g/mol. The van der Waals surface area contributed by atoms with Gasteiger partial charge in [0.2, 0.25) is 5.91 Å². The highest BCUT2D eigenvalue weighted by atomic mass is 16.2. The molecular weight excluding hydrogens is 550 g/mol. The van der Waals surface area contributed by atoms with Gasteiger partial charge in [0.15, 0.2) is 0 Å². The average Bonchev–Trinajstić information content (AvgIpc) is 3.52. The molecule has 1 aromatic heterocycles. The van der Waals surface area contributed by atoms with E-state index in [1.165, 1.54) is 28.1 Å². The third-order valence-corrected chi connectivity index (χ3v) is 9.73. The Balaban J connectivity index is 1.39. The molecule has 9 heteroatoms. The van der Waals surface area contributed by atoms with Crippen LogP contribution in [0.2, 0.25) is 0 Å². The van der Waals surface area contributed by atoms with Crippen LogP contribution >= 0.6 is 0 Å². The molecule has 2 fully saturated rings. The van der Waals surface area contributed by atoms with Crippen LogP contribution < -0.4 is 20.4 Å². The third kappa shape index (κ3) is 5.50. The summed E-state index contributed by atoms with van der Waals surface area (Å²) < 4.78 is 0. The van der Waals surface area contributed by atoms with Gasteiger partial charge in [-0.3, -0.25) is 9.59 Å². The second-order valence-electron chi connectivity index (χ2n) is 12.3. The molecule has 2 saturated heterocycles. The smallest absolute Gasteiger partial charge is 0.270 e. The number of aryl methyl sites for hydroxylation is 1. The van der Waals surface area contributed by atoms with E-state index in [2.05, 4.69) is 83.3 Å². The molecule has 6 rings (SSSR count). The second-order valence-corrected chi connectivity index (χ2v) is 12.3. The van der Waals surface area contributed by atoms with Gasteiger partial charge in [-0.25, -0.2) is 4.98 Å². The molecule has 0 bridgehead atoms. The summed E-state index contributed by atoms with van der Waals surface area (Å²) in [5.74, 6) is -0.315. The number of fused-ring (bicyclic) bond motifs is 2. The first-order valence-corrected chi connectivity index (χ1v) is 15.7. The SMILES string of the molecule is C=CC(=O)N1CCN(c2cc(C(=O)N[C@]3(CC)CCNC3)nc3c2CCN(c2cccc4cccc(C)c24)C3)C[C@@H]1CC#N. The zero-order valence-electron chi connectivity index (χ0n) is 25.7. The van der Waals surface area contributed by atoms with Crippen molar-refractivity contribution in [3.05, 3.63) is 77.6 Å². The molecule has 0 spiro atoms. The van der Waals surface area contributed by atoms with Crippen LogP contribution in [-0.4, -0.2) is 72.5 Å². The van der Waals surface area contributed by atoms with E-state index in [1.807, 2.05) is 6.07 Å². The maximum Gasteiger partial charge on any atom is 0.270 e. The number of anilines is 2. The topological polar surface area (TPSA) is 105 Å². The van der Waals surface area contributed by atoms with Crippen molar-refractivity contribution in [2.75, 3.05) is 49.1 Å². The number of carbonyl (C=O) groups is 2. The summed E-state index contributed by atoms with van der Waals surface area (Å²) in [5, 5.41) is 18.7. The summed E-state index contributed by atoms with van der Waals surface area (Å²) in [4.78, 5) is 37.9. The summed E-state index contributed by atoms with van der Waals surface area (Å²) in [6, 6.07) is 16.8. The van der Waals surface area contributed by atoms with Crippen LogP contribution in [0.3, 0.4) is 0 Å². The number of piperazine rings is 1. The fraction of sp³-hybridized carbons (Fsp3) is 0.429. The normalized spacial score (nSPS) is 21.6. The standard InChI is InChI=1S/C35H41N7O2/c1-4-32(43)42-19-18-41(21-26(42)12-15-36)31-20-28(34(44)39-35(5-2)14-16-37-23-35)38-29-22-40(17-13-27(29)31)30-11-7-10-25-9-6-8-24(3)33(25)30/h4,6-11,20,26,37H,1,5,12-14,16-19,21-23H2,2-3H3,(H,39,44)/t26-,35+/m0/s1. The van der Waals surface area contributed by atoms with Crippen molar-refractivity contribution in [1.82, 2.24) is 20.5 Å². The van der Waals surface area contributed by atoms with Gasteiger partial charge in [-0.15, -0.1) is 0 Å². The molecule has 3 aliphatic rings. The van der Waals surface area contributed by atoms with Crippen molar-refractivity contribution >= 4 is 34.0 Å². The Morgan fingerprint density at radius 1 is 1.18 bits per heavy atom. The van der Waals surface area contributed by atoms with Crippen LogP contribution in [0.5, 0.6) is 0 Å². The maximum atomic E-state index is 13.9. The number of aromatic nitrogens is 1. The molecule has 9 nitrogen and oxygen atoms in total. The van der Waals surface area contributed by atoms with Crippen molar-refractivity contribution in [3.8, 4) is 6.07 Å². The minimum Gasteiger partial charge on any atom is -0.367 e. The summed E-state index contributed by atoms with van der Waals surface area (Å²) in [6.07, 6.45) is 4.06. The first-order chi connectivity index (χ1) is 21.4. The lowest BCUT2D eigenvalue weighted by molar-refractivity contribution is -0.128. The van der Waals surface area contributed by atoms with Crippen LogP contribution in [0.15, 0.2) is 55.1 Å². The van der Waals surface area contributed by atoms with Crippen LogP contribution in [0.4, 0.5) is 11.4 Å². The molecule has 2 N–H and O–H groups in total. The van der Waals surface area contributed by atoms with Gasteiger partial charge in [0.25, 0.3) is 5.91 Å². The van der Waals surface area contributed by atoms with Crippen LogP contribution in [0.1, 0.15) is 53.5 Å². The van der Waals surface area contributed by atoms with Crippen molar-refractivity contribution in [3.63, 3.8) is 0 Å². The highest BCUT2D eigenvalue weighted by Gasteiger charge is 2.36.